The van der Waals surface area contributed by atoms with Crippen LogP contribution in [0.4, 0.5) is 5.69 Å². The fraction of sp³-hybridized carbons (Fsp3) is 0.500. The van der Waals surface area contributed by atoms with Crippen LogP contribution in [0, 0.1) is 10.8 Å². The van der Waals surface area contributed by atoms with Gasteiger partial charge in [-0.05, 0) is 37.8 Å². The van der Waals surface area contributed by atoms with Gasteiger partial charge in [0.05, 0.1) is 16.5 Å². The Bertz CT molecular complexity index is 387. The summed E-state index contributed by atoms with van der Waals surface area (Å²) in [7, 11) is 0. The molecule has 80 valence electrons. The molecule has 1 aliphatic heterocycles. The van der Waals surface area contributed by atoms with E-state index in [1.165, 1.54) is 5.56 Å². The van der Waals surface area contributed by atoms with E-state index in [0.29, 0.717) is 5.92 Å². The van der Waals surface area contributed by atoms with Crippen LogP contribution in [0.2, 0.25) is 0 Å². The van der Waals surface area contributed by atoms with Gasteiger partial charge in [0, 0.05) is 0 Å². The predicted octanol–water partition coefficient (Wildman–Crippen LogP) is 3.15. The Morgan fingerprint density at radius 1 is 1.40 bits per heavy atom. The molecule has 3 nitrogen and oxygen atoms in total. The van der Waals surface area contributed by atoms with Crippen LogP contribution in [0.3, 0.4) is 0 Å². The molecule has 2 rings (SSSR count). The minimum absolute atomic E-state index is 0.198. The molecule has 0 aliphatic carbocycles. The highest BCUT2D eigenvalue weighted by Crippen LogP contribution is 2.39. The van der Waals surface area contributed by atoms with Gasteiger partial charge in [-0.3, -0.25) is 0 Å². The van der Waals surface area contributed by atoms with Crippen molar-refractivity contribution in [2.24, 2.45) is 11.2 Å². The number of nitroso groups, excluding NO2 is 1. The number of hydrogen-bond acceptors (Lipinski definition) is 2. The lowest BCUT2D eigenvalue weighted by Gasteiger charge is -2.43. The third kappa shape index (κ3) is 1.42. The molecule has 0 saturated carbocycles. The lowest BCUT2D eigenvalue weighted by Crippen LogP contribution is -2.49. The molecule has 15 heavy (non-hydrogen) atoms. The SMILES string of the molecule is CC1Cc2ccccc2N(N=O)C1(C)C. The quantitative estimate of drug-likeness (QED) is 0.658. The predicted molar refractivity (Wildman–Crippen MR) is 61.7 cm³/mol. The third-order valence-electron chi connectivity index (χ3n) is 3.58. The molecular weight excluding hydrogens is 188 g/mol. The van der Waals surface area contributed by atoms with Gasteiger partial charge < -0.3 is 0 Å². The normalized spacial score (nSPS) is 23.4. The number of para-hydroxylation sites is 1. The van der Waals surface area contributed by atoms with Crippen LogP contribution in [-0.2, 0) is 6.42 Å². The van der Waals surface area contributed by atoms with Crippen LogP contribution >= 0.6 is 0 Å². The van der Waals surface area contributed by atoms with Gasteiger partial charge in [-0.2, -0.15) is 0 Å². The second-order valence-corrected chi connectivity index (χ2v) is 4.78. The smallest absolute Gasteiger partial charge is 0.0664 e. The van der Waals surface area contributed by atoms with Crippen molar-refractivity contribution in [3.8, 4) is 0 Å². The second kappa shape index (κ2) is 3.33. The Hall–Kier alpha value is -1.38. The largest absolute Gasteiger partial charge is 0.223 e. The number of benzene rings is 1. The van der Waals surface area contributed by atoms with Crippen LogP contribution in [-0.4, -0.2) is 5.54 Å². The summed E-state index contributed by atoms with van der Waals surface area (Å²) in [6.07, 6.45) is 1.01. The van der Waals surface area contributed by atoms with Gasteiger partial charge in [-0.1, -0.05) is 25.1 Å². The van der Waals surface area contributed by atoms with Crippen LogP contribution < -0.4 is 5.01 Å². The van der Waals surface area contributed by atoms with Crippen molar-refractivity contribution in [1.29, 1.82) is 0 Å². The molecule has 1 unspecified atom stereocenters. The Labute approximate surface area is 90.0 Å². The molecule has 0 aromatic heterocycles. The standard InChI is InChI=1S/C12H16N2O/c1-9-8-10-6-4-5-7-11(10)14(13-15)12(9,2)3/h4-7,9H,8H2,1-3H3. The van der Waals surface area contributed by atoms with E-state index in [1.54, 1.807) is 5.01 Å². The van der Waals surface area contributed by atoms with E-state index >= 15 is 0 Å². The Morgan fingerprint density at radius 3 is 2.73 bits per heavy atom. The molecule has 0 fully saturated rings. The van der Waals surface area contributed by atoms with E-state index in [0.717, 1.165) is 12.1 Å². The molecular formula is C12H16N2O. The number of rotatable bonds is 1. The lowest BCUT2D eigenvalue weighted by molar-refractivity contribution is 0.302. The van der Waals surface area contributed by atoms with Crippen molar-refractivity contribution >= 4 is 5.69 Å². The maximum atomic E-state index is 11.0. The van der Waals surface area contributed by atoms with Gasteiger partial charge >= 0.3 is 0 Å². The molecule has 0 spiro atoms. The molecule has 0 saturated heterocycles. The topological polar surface area (TPSA) is 32.7 Å². The molecule has 0 N–H and O–H groups in total. The number of nitrogens with zero attached hydrogens (tertiary/aromatic N) is 2. The van der Waals surface area contributed by atoms with Crippen LogP contribution in [0.15, 0.2) is 29.6 Å². The molecule has 1 aliphatic rings. The average molecular weight is 204 g/mol. The fourth-order valence-electron chi connectivity index (χ4n) is 2.14. The molecule has 1 atom stereocenters. The van der Waals surface area contributed by atoms with E-state index in [1.807, 2.05) is 18.2 Å². The summed E-state index contributed by atoms with van der Waals surface area (Å²) in [5, 5.41) is 4.78. The summed E-state index contributed by atoms with van der Waals surface area (Å²) in [6, 6.07) is 7.99. The summed E-state index contributed by atoms with van der Waals surface area (Å²) in [6.45, 7) is 6.29. The molecule has 1 heterocycles. The monoisotopic (exact) mass is 204 g/mol. The van der Waals surface area contributed by atoms with E-state index in [9.17, 15) is 4.91 Å². The van der Waals surface area contributed by atoms with E-state index in [4.69, 9.17) is 0 Å². The van der Waals surface area contributed by atoms with Gasteiger partial charge in [0.2, 0.25) is 0 Å². The summed E-state index contributed by atoms with van der Waals surface area (Å²) < 4.78 is 0. The van der Waals surface area contributed by atoms with Crippen molar-refractivity contribution in [2.45, 2.75) is 32.7 Å². The Kier molecular flexibility index (Phi) is 2.25. The van der Waals surface area contributed by atoms with Crippen LogP contribution in [0.25, 0.3) is 0 Å². The maximum absolute atomic E-state index is 11.0. The first-order chi connectivity index (χ1) is 7.07. The summed E-state index contributed by atoms with van der Waals surface area (Å²) in [5.74, 6) is 0.421. The van der Waals surface area contributed by atoms with Crippen molar-refractivity contribution in [3.63, 3.8) is 0 Å². The fourth-order valence-corrected chi connectivity index (χ4v) is 2.14. The molecule has 3 heteroatoms. The summed E-state index contributed by atoms with van der Waals surface area (Å²) in [4.78, 5) is 11.0. The number of hydrogen-bond donors (Lipinski definition) is 0. The highest BCUT2D eigenvalue weighted by molar-refractivity contribution is 5.57. The first kappa shape index (κ1) is 10.1. The maximum Gasteiger partial charge on any atom is 0.0664 e. The van der Waals surface area contributed by atoms with Crippen molar-refractivity contribution in [1.82, 2.24) is 0 Å². The van der Waals surface area contributed by atoms with E-state index < -0.39 is 0 Å². The first-order valence-corrected chi connectivity index (χ1v) is 5.28. The molecule has 0 radical (unpaired) electrons. The van der Waals surface area contributed by atoms with Gasteiger partial charge in [0.25, 0.3) is 0 Å². The highest BCUT2D eigenvalue weighted by Gasteiger charge is 2.39. The van der Waals surface area contributed by atoms with E-state index in [-0.39, 0.29) is 5.54 Å². The Balaban J connectivity index is 2.54. The Morgan fingerprint density at radius 2 is 2.07 bits per heavy atom. The third-order valence-corrected chi connectivity index (χ3v) is 3.58. The number of anilines is 1. The molecule has 0 bridgehead atoms. The van der Waals surface area contributed by atoms with Crippen molar-refractivity contribution < 1.29 is 0 Å². The van der Waals surface area contributed by atoms with Gasteiger partial charge in [-0.25, -0.2) is 5.01 Å². The van der Waals surface area contributed by atoms with Crippen LogP contribution in [0.5, 0.6) is 0 Å². The zero-order chi connectivity index (χ0) is 11.1. The van der Waals surface area contributed by atoms with Crippen LogP contribution in [0.1, 0.15) is 26.3 Å². The van der Waals surface area contributed by atoms with Gasteiger partial charge in [0.1, 0.15) is 0 Å². The number of fused-ring (bicyclic) bond motifs is 1. The zero-order valence-electron chi connectivity index (χ0n) is 9.40. The van der Waals surface area contributed by atoms with Crippen molar-refractivity contribution in [2.75, 3.05) is 5.01 Å². The first-order valence-electron chi connectivity index (χ1n) is 5.28. The lowest BCUT2D eigenvalue weighted by atomic mass is 9.79. The minimum Gasteiger partial charge on any atom is -0.223 e. The molecule has 1 aromatic carbocycles. The second-order valence-electron chi connectivity index (χ2n) is 4.78. The highest BCUT2D eigenvalue weighted by atomic mass is 16.3. The minimum atomic E-state index is -0.198. The van der Waals surface area contributed by atoms with Gasteiger partial charge in [0.15, 0.2) is 0 Å². The molecule has 1 aromatic rings. The molecule has 0 amide bonds. The van der Waals surface area contributed by atoms with E-state index in [2.05, 4.69) is 32.1 Å². The average Bonchev–Trinajstić information content (AvgIpc) is 2.20. The van der Waals surface area contributed by atoms with Gasteiger partial charge in [-0.15, -0.1) is 4.91 Å². The zero-order valence-corrected chi connectivity index (χ0v) is 9.40. The summed E-state index contributed by atoms with van der Waals surface area (Å²) >= 11 is 0. The van der Waals surface area contributed by atoms with Crippen molar-refractivity contribution in [3.05, 3.63) is 34.7 Å². The summed E-state index contributed by atoms with van der Waals surface area (Å²) in [5.41, 5.74) is 1.97.